The Morgan fingerprint density at radius 1 is 1.19 bits per heavy atom. The number of hydrogen-bond donors (Lipinski definition) is 1. The first-order chi connectivity index (χ1) is 13.0. The minimum Gasteiger partial charge on any atom is -0.393 e. The summed E-state index contributed by atoms with van der Waals surface area (Å²) in [7, 11) is 0. The SMILES string of the molecule is C[C@H]1CO[C@@H](C(=O)N2CCc3ccccc3[C@@H]2c2ccc(F)cc2)C[C@@H]1O. The van der Waals surface area contributed by atoms with Gasteiger partial charge in [-0.2, -0.15) is 0 Å². The summed E-state index contributed by atoms with van der Waals surface area (Å²) < 4.78 is 19.2. The fourth-order valence-electron chi connectivity index (χ4n) is 4.06. The van der Waals surface area contributed by atoms with Gasteiger partial charge in [0.2, 0.25) is 0 Å². The molecule has 2 aliphatic heterocycles. The van der Waals surface area contributed by atoms with E-state index in [-0.39, 0.29) is 23.7 Å². The molecular weight excluding hydrogens is 345 g/mol. The zero-order valence-corrected chi connectivity index (χ0v) is 15.3. The van der Waals surface area contributed by atoms with Gasteiger partial charge in [0.1, 0.15) is 11.9 Å². The molecule has 2 aliphatic rings. The van der Waals surface area contributed by atoms with Crippen LogP contribution in [0.25, 0.3) is 0 Å². The van der Waals surface area contributed by atoms with E-state index in [1.807, 2.05) is 30.0 Å². The number of carbonyl (C=O) groups is 1. The molecule has 2 aromatic carbocycles. The van der Waals surface area contributed by atoms with Crippen molar-refractivity contribution >= 4 is 5.91 Å². The van der Waals surface area contributed by atoms with E-state index >= 15 is 0 Å². The number of hydrogen-bond acceptors (Lipinski definition) is 3. The molecule has 1 saturated heterocycles. The molecule has 0 saturated carbocycles. The average Bonchev–Trinajstić information content (AvgIpc) is 2.69. The number of aliphatic hydroxyl groups excluding tert-OH is 1. The lowest BCUT2D eigenvalue weighted by Gasteiger charge is -2.41. The number of aliphatic hydroxyl groups is 1. The van der Waals surface area contributed by atoms with E-state index in [2.05, 4.69) is 6.07 Å². The Morgan fingerprint density at radius 2 is 1.93 bits per heavy atom. The molecule has 0 aliphatic carbocycles. The molecule has 4 rings (SSSR count). The zero-order chi connectivity index (χ0) is 19.0. The fraction of sp³-hybridized carbons (Fsp3) is 0.409. The van der Waals surface area contributed by atoms with Crippen LogP contribution in [0.3, 0.4) is 0 Å². The van der Waals surface area contributed by atoms with Crippen molar-refractivity contribution in [3.63, 3.8) is 0 Å². The third kappa shape index (κ3) is 3.49. The maximum atomic E-state index is 13.4. The van der Waals surface area contributed by atoms with E-state index in [4.69, 9.17) is 4.74 Å². The van der Waals surface area contributed by atoms with Crippen LogP contribution in [-0.2, 0) is 16.0 Å². The standard InChI is InChI=1S/C22H24FNO3/c1-14-13-27-20(12-19(14)25)22(26)24-11-10-15-4-2-3-5-18(15)21(24)16-6-8-17(23)9-7-16/h2-9,14,19-21,25H,10-13H2,1H3/t14-,19-,20+,21-/m0/s1. The number of rotatable bonds is 2. The molecular formula is C22H24FNO3. The Balaban J connectivity index is 1.68. The molecule has 0 bridgehead atoms. The second-order valence-corrected chi connectivity index (χ2v) is 7.54. The van der Waals surface area contributed by atoms with Crippen LogP contribution in [0.2, 0.25) is 0 Å². The van der Waals surface area contributed by atoms with E-state index in [9.17, 15) is 14.3 Å². The van der Waals surface area contributed by atoms with Crippen LogP contribution < -0.4 is 0 Å². The van der Waals surface area contributed by atoms with Gasteiger partial charge in [0.15, 0.2) is 0 Å². The molecule has 5 heteroatoms. The molecule has 0 aromatic heterocycles. The van der Waals surface area contributed by atoms with Crippen LogP contribution in [0.4, 0.5) is 4.39 Å². The molecule has 0 spiro atoms. The molecule has 142 valence electrons. The van der Waals surface area contributed by atoms with Crippen LogP contribution in [0.15, 0.2) is 48.5 Å². The summed E-state index contributed by atoms with van der Waals surface area (Å²) in [6, 6.07) is 14.1. The maximum Gasteiger partial charge on any atom is 0.252 e. The lowest BCUT2D eigenvalue weighted by Crippen LogP contribution is -2.50. The third-order valence-electron chi connectivity index (χ3n) is 5.70. The Kier molecular flexibility index (Phi) is 4.98. The highest BCUT2D eigenvalue weighted by Gasteiger charge is 2.39. The van der Waals surface area contributed by atoms with E-state index in [1.54, 1.807) is 12.1 Å². The first-order valence-electron chi connectivity index (χ1n) is 9.48. The molecule has 1 N–H and O–H groups in total. The lowest BCUT2D eigenvalue weighted by molar-refractivity contribution is -0.157. The van der Waals surface area contributed by atoms with E-state index < -0.39 is 12.2 Å². The van der Waals surface area contributed by atoms with Crippen molar-refractivity contribution in [3.8, 4) is 0 Å². The number of benzene rings is 2. The first kappa shape index (κ1) is 18.1. The van der Waals surface area contributed by atoms with Crippen LogP contribution in [0.1, 0.15) is 36.1 Å². The zero-order valence-electron chi connectivity index (χ0n) is 15.3. The summed E-state index contributed by atoms with van der Waals surface area (Å²) >= 11 is 0. The van der Waals surface area contributed by atoms with E-state index in [0.29, 0.717) is 19.6 Å². The van der Waals surface area contributed by atoms with Gasteiger partial charge in [-0.3, -0.25) is 4.79 Å². The minimum absolute atomic E-state index is 0.0315. The van der Waals surface area contributed by atoms with Gasteiger partial charge in [0.05, 0.1) is 18.8 Å². The van der Waals surface area contributed by atoms with Crippen molar-refractivity contribution in [1.29, 1.82) is 0 Å². The largest absolute Gasteiger partial charge is 0.393 e. The molecule has 4 nitrogen and oxygen atoms in total. The topological polar surface area (TPSA) is 49.8 Å². The summed E-state index contributed by atoms with van der Waals surface area (Å²) in [5.74, 6) is -0.373. The second kappa shape index (κ2) is 7.41. The second-order valence-electron chi connectivity index (χ2n) is 7.54. The molecule has 4 atom stereocenters. The van der Waals surface area contributed by atoms with Gasteiger partial charge >= 0.3 is 0 Å². The third-order valence-corrected chi connectivity index (χ3v) is 5.70. The van der Waals surface area contributed by atoms with Gasteiger partial charge in [-0.1, -0.05) is 43.3 Å². The number of nitrogens with zero attached hydrogens (tertiary/aromatic N) is 1. The summed E-state index contributed by atoms with van der Waals surface area (Å²) in [5.41, 5.74) is 3.14. The van der Waals surface area contributed by atoms with Crippen molar-refractivity contribution in [3.05, 3.63) is 71.0 Å². The summed E-state index contributed by atoms with van der Waals surface area (Å²) in [4.78, 5) is 15.1. The van der Waals surface area contributed by atoms with Crippen molar-refractivity contribution < 1.29 is 19.0 Å². The van der Waals surface area contributed by atoms with Gasteiger partial charge in [-0.05, 0) is 35.2 Å². The Bertz CT molecular complexity index is 823. The quantitative estimate of drug-likeness (QED) is 0.885. The monoisotopic (exact) mass is 369 g/mol. The smallest absolute Gasteiger partial charge is 0.252 e. The molecule has 1 fully saturated rings. The Hall–Kier alpha value is -2.24. The minimum atomic E-state index is -0.635. The van der Waals surface area contributed by atoms with Crippen LogP contribution in [0.5, 0.6) is 0 Å². The molecule has 27 heavy (non-hydrogen) atoms. The maximum absolute atomic E-state index is 13.4. The van der Waals surface area contributed by atoms with Crippen LogP contribution >= 0.6 is 0 Å². The highest BCUT2D eigenvalue weighted by atomic mass is 19.1. The van der Waals surface area contributed by atoms with E-state index in [0.717, 1.165) is 17.5 Å². The fourth-order valence-corrected chi connectivity index (χ4v) is 4.06. The summed E-state index contributed by atoms with van der Waals surface area (Å²) in [6.07, 6.45) is -0.0852. The normalized spacial score (nSPS) is 27.9. The van der Waals surface area contributed by atoms with Crippen molar-refractivity contribution in [2.75, 3.05) is 13.2 Å². The van der Waals surface area contributed by atoms with Gasteiger partial charge in [-0.15, -0.1) is 0 Å². The molecule has 0 radical (unpaired) electrons. The number of ether oxygens (including phenoxy) is 1. The number of fused-ring (bicyclic) bond motifs is 1. The summed E-state index contributed by atoms with van der Waals surface area (Å²) in [5, 5.41) is 10.2. The first-order valence-corrected chi connectivity index (χ1v) is 9.48. The predicted octanol–water partition coefficient (Wildman–Crippen LogP) is 3.09. The number of amides is 1. The molecule has 2 heterocycles. The van der Waals surface area contributed by atoms with Gasteiger partial charge in [0.25, 0.3) is 5.91 Å². The molecule has 1 amide bonds. The van der Waals surface area contributed by atoms with Crippen molar-refractivity contribution in [2.45, 2.75) is 38.0 Å². The van der Waals surface area contributed by atoms with Gasteiger partial charge < -0.3 is 14.7 Å². The van der Waals surface area contributed by atoms with Crippen LogP contribution in [0, 0.1) is 11.7 Å². The average molecular weight is 369 g/mol. The number of carbonyl (C=O) groups excluding carboxylic acids is 1. The predicted molar refractivity (Wildman–Crippen MR) is 99.6 cm³/mol. The lowest BCUT2D eigenvalue weighted by atomic mass is 9.87. The Morgan fingerprint density at radius 3 is 2.67 bits per heavy atom. The van der Waals surface area contributed by atoms with Crippen LogP contribution in [-0.4, -0.2) is 41.3 Å². The Labute approximate surface area is 158 Å². The van der Waals surface area contributed by atoms with E-state index in [1.165, 1.54) is 17.7 Å². The van der Waals surface area contributed by atoms with Gasteiger partial charge in [-0.25, -0.2) is 4.39 Å². The highest BCUT2D eigenvalue weighted by molar-refractivity contribution is 5.82. The number of halogens is 1. The van der Waals surface area contributed by atoms with Gasteiger partial charge in [0, 0.05) is 18.9 Å². The molecule has 2 aromatic rings. The summed E-state index contributed by atoms with van der Waals surface area (Å²) in [6.45, 7) is 2.87. The van der Waals surface area contributed by atoms with Crippen molar-refractivity contribution in [2.24, 2.45) is 5.92 Å². The highest BCUT2D eigenvalue weighted by Crippen LogP contribution is 2.36. The van der Waals surface area contributed by atoms with Crippen molar-refractivity contribution in [1.82, 2.24) is 4.90 Å². The molecule has 0 unspecified atom stereocenters.